The molecule has 1 fully saturated rings. The molecule has 1 N–H and O–H groups in total. The fourth-order valence-electron chi connectivity index (χ4n) is 4.48. The van der Waals surface area contributed by atoms with Gasteiger partial charge >= 0.3 is 5.95 Å². The molecule has 9 nitrogen and oxygen atoms in total. The fraction of sp³-hybridized carbons (Fsp3) is 0.357. The van der Waals surface area contributed by atoms with E-state index in [1.165, 1.54) is 19.1 Å². The Kier molecular flexibility index (Phi) is 7.90. The first-order chi connectivity index (χ1) is 18.1. The van der Waals surface area contributed by atoms with Crippen molar-refractivity contribution in [2.75, 3.05) is 38.2 Å². The first-order valence-corrected chi connectivity index (χ1v) is 12.6. The molecule has 2 aromatic carbocycles. The summed E-state index contributed by atoms with van der Waals surface area (Å²) < 4.78 is 24.6. The Bertz CT molecular complexity index is 1220. The maximum absolute atomic E-state index is 12.6. The molecule has 0 spiro atoms. The lowest BCUT2D eigenvalue weighted by Gasteiger charge is -2.17. The Morgan fingerprint density at radius 1 is 1.11 bits per heavy atom. The minimum absolute atomic E-state index is 0.188. The molecule has 0 radical (unpaired) electrons. The van der Waals surface area contributed by atoms with Crippen LogP contribution in [0.5, 0.6) is 5.75 Å². The van der Waals surface area contributed by atoms with Gasteiger partial charge in [-0.2, -0.15) is 5.10 Å². The van der Waals surface area contributed by atoms with E-state index in [1.54, 1.807) is 10.9 Å². The Balaban J connectivity index is 1.15. The largest absolute Gasteiger partial charge is 0.492 e. The van der Waals surface area contributed by atoms with Crippen LogP contribution in [0.4, 0.5) is 5.69 Å². The van der Waals surface area contributed by atoms with E-state index in [9.17, 15) is 4.79 Å². The maximum Gasteiger partial charge on any atom is 0.319 e. The van der Waals surface area contributed by atoms with Crippen molar-refractivity contribution in [3.8, 4) is 17.0 Å². The van der Waals surface area contributed by atoms with Crippen molar-refractivity contribution < 1.29 is 23.7 Å². The average molecular weight is 505 g/mol. The molecule has 1 aromatic heterocycles. The zero-order chi connectivity index (χ0) is 25.5. The number of carbonyl (C=O) groups is 1. The normalized spacial score (nSPS) is 17.1. The van der Waals surface area contributed by atoms with Gasteiger partial charge < -0.3 is 24.3 Å². The first kappa shape index (κ1) is 24.7. The van der Waals surface area contributed by atoms with Crippen molar-refractivity contribution in [1.82, 2.24) is 14.7 Å². The van der Waals surface area contributed by atoms with Gasteiger partial charge in [-0.15, -0.1) is 0 Å². The molecular formula is C28H32N4O5. The molecular weight excluding hydrogens is 472 g/mol. The van der Waals surface area contributed by atoms with E-state index in [0.717, 1.165) is 42.2 Å². The predicted octanol–water partition coefficient (Wildman–Crippen LogP) is 3.93. The lowest BCUT2D eigenvalue weighted by atomic mass is 10.1. The number of nitrogens with zero attached hydrogens (tertiary/aromatic N) is 3. The molecule has 194 valence electrons. The summed E-state index contributed by atoms with van der Waals surface area (Å²) in [5.41, 5.74) is 3.48. The zero-order valence-electron chi connectivity index (χ0n) is 21.0. The van der Waals surface area contributed by atoms with E-state index >= 15 is 0 Å². The van der Waals surface area contributed by atoms with Crippen LogP contribution >= 0.6 is 0 Å². The lowest BCUT2D eigenvalue weighted by molar-refractivity contribution is -0.123. The highest BCUT2D eigenvalue weighted by atomic mass is 16.8. The maximum atomic E-state index is 12.6. The van der Waals surface area contributed by atoms with Crippen LogP contribution in [0.2, 0.25) is 0 Å². The Morgan fingerprint density at radius 2 is 1.95 bits per heavy atom. The standard InChI is InChI=1S/C28H32N4O5/c1-31-24(11-12-29-31)23-18-22(9-10-25(23)34-16-15-32-13-5-6-14-32)30-26(33)19-35-28-20-36-27(37-28)17-21-7-3-2-4-8-21/h2-4,7-12,18,20,27H,5-6,13-17,19H2,1H3,(H,30,33). The number of anilines is 1. The third-order valence-electron chi connectivity index (χ3n) is 6.38. The minimum atomic E-state index is -0.472. The molecule has 5 rings (SSSR count). The van der Waals surface area contributed by atoms with E-state index in [1.807, 2.05) is 61.6 Å². The summed E-state index contributed by atoms with van der Waals surface area (Å²) in [7, 11) is 1.88. The molecule has 3 aromatic rings. The van der Waals surface area contributed by atoms with E-state index in [-0.39, 0.29) is 18.5 Å². The van der Waals surface area contributed by atoms with Crippen LogP contribution in [0.25, 0.3) is 11.3 Å². The van der Waals surface area contributed by atoms with Crippen molar-refractivity contribution in [3.63, 3.8) is 0 Å². The Morgan fingerprint density at radius 3 is 2.73 bits per heavy atom. The van der Waals surface area contributed by atoms with Crippen LogP contribution in [0.3, 0.4) is 0 Å². The third kappa shape index (κ3) is 6.62. The molecule has 0 bridgehead atoms. The molecule has 1 amide bonds. The highest BCUT2D eigenvalue weighted by molar-refractivity contribution is 5.92. The van der Waals surface area contributed by atoms with E-state index in [2.05, 4.69) is 15.3 Å². The van der Waals surface area contributed by atoms with Crippen molar-refractivity contribution in [2.24, 2.45) is 7.05 Å². The van der Waals surface area contributed by atoms with Crippen LogP contribution in [0.15, 0.2) is 73.0 Å². The molecule has 9 heteroatoms. The second-order valence-electron chi connectivity index (χ2n) is 9.10. The predicted molar refractivity (Wildman–Crippen MR) is 139 cm³/mol. The van der Waals surface area contributed by atoms with Crippen LogP contribution < -0.4 is 10.1 Å². The average Bonchev–Trinajstić information content (AvgIpc) is 3.67. The lowest BCUT2D eigenvalue weighted by Crippen LogP contribution is -2.25. The number of carbonyl (C=O) groups excluding carboxylic acids is 1. The molecule has 1 unspecified atom stereocenters. The molecule has 37 heavy (non-hydrogen) atoms. The minimum Gasteiger partial charge on any atom is -0.492 e. The van der Waals surface area contributed by atoms with E-state index in [0.29, 0.717) is 18.7 Å². The number of aryl methyl sites for hydroxylation is 1. The van der Waals surface area contributed by atoms with E-state index in [4.69, 9.17) is 18.9 Å². The quantitative estimate of drug-likeness (QED) is 0.423. The van der Waals surface area contributed by atoms with Gasteiger partial charge in [0.25, 0.3) is 5.91 Å². The van der Waals surface area contributed by atoms with Gasteiger partial charge in [-0.25, -0.2) is 0 Å². The topological polar surface area (TPSA) is 87.1 Å². The summed E-state index contributed by atoms with van der Waals surface area (Å²) in [6.45, 7) is 3.56. The third-order valence-corrected chi connectivity index (χ3v) is 6.38. The zero-order valence-corrected chi connectivity index (χ0v) is 21.0. The van der Waals surface area contributed by atoms with Gasteiger partial charge in [0.15, 0.2) is 12.9 Å². The summed E-state index contributed by atoms with van der Waals surface area (Å²) in [4.78, 5) is 15.0. The van der Waals surface area contributed by atoms with Crippen LogP contribution in [-0.2, 0) is 32.5 Å². The summed E-state index contributed by atoms with van der Waals surface area (Å²) >= 11 is 0. The highest BCUT2D eigenvalue weighted by Crippen LogP contribution is 2.32. The van der Waals surface area contributed by atoms with Crippen molar-refractivity contribution >= 4 is 11.6 Å². The summed E-state index contributed by atoms with van der Waals surface area (Å²) in [5, 5.41) is 7.17. The number of aromatic nitrogens is 2. The fourth-order valence-corrected chi connectivity index (χ4v) is 4.48. The van der Waals surface area contributed by atoms with Crippen molar-refractivity contribution in [2.45, 2.75) is 25.6 Å². The van der Waals surface area contributed by atoms with Gasteiger partial charge in [0.2, 0.25) is 6.29 Å². The van der Waals surface area contributed by atoms with Gasteiger partial charge in [0.05, 0.1) is 5.69 Å². The van der Waals surface area contributed by atoms with Crippen molar-refractivity contribution in [1.29, 1.82) is 0 Å². The van der Waals surface area contributed by atoms with Crippen LogP contribution in [0.1, 0.15) is 18.4 Å². The smallest absolute Gasteiger partial charge is 0.319 e. The molecule has 2 aliphatic rings. The molecule has 0 aliphatic carbocycles. The molecule has 3 heterocycles. The molecule has 1 atom stereocenters. The first-order valence-electron chi connectivity index (χ1n) is 12.6. The van der Waals surface area contributed by atoms with E-state index < -0.39 is 6.29 Å². The van der Waals surface area contributed by atoms with Gasteiger partial charge in [0.1, 0.15) is 12.4 Å². The monoisotopic (exact) mass is 504 g/mol. The molecule has 0 saturated carbocycles. The second kappa shape index (κ2) is 11.8. The number of likely N-dealkylation sites (tertiary alicyclic amines) is 1. The summed E-state index contributed by atoms with van der Waals surface area (Å²) in [6.07, 6.45) is 5.76. The van der Waals surface area contributed by atoms with Crippen LogP contribution in [-0.4, -0.2) is 59.7 Å². The van der Waals surface area contributed by atoms with Gasteiger partial charge in [-0.1, -0.05) is 30.3 Å². The number of amides is 1. The van der Waals surface area contributed by atoms with Gasteiger partial charge in [0, 0.05) is 37.5 Å². The summed E-state index contributed by atoms with van der Waals surface area (Å²) in [6, 6.07) is 17.4. The highest BCUT2D eigenvalue weighted by Gasteiger charge is 2.22. The second-order valence-corrected chi connectivity index (χ2v) is 9.10. The Hall–Kier alpha value is -3.98. The SMILES string of the molecule is Cn1nccc1-c1cc(NC(=O)COC2=COC(Cc3ccccc3)O2)ccc1OCCN1CCCC1. The summed E-state index contributed by atoms with van der Waals surface area (Å²) in [5.74, 6) is 0.631. The number of benzene rings is 2. The number of ether oxygens (including phenoxy) is 4. The number of nitrogens with one attached hydrogen (secondary N) is 1. The van der Waals surface area contributed by atoms with Crippen molar-refractivity contribution in [3.05, 3.63) is 78.6 Å². The molecule has 2 aliphatic heterocycles. The van der Waals surface area contributed by atoms with Gasteiger partial charge in [-0.3, -0.25) is 14.4 Å². The Labute approximate surface area is 216 Å². The van der Waals surface area contributed by atoms with Gasteiger partial charge in [-0.05, 0) is 55.8 Å². The number of hydrogen-bond donors (Lipinski definition) is 1. The number of rotatable bonds is 11. The van der Waals surface area contributed by atoms with Crippen LogP contribution in [0, 0.1) is 0 Å². The number of hydrogen-bond acceptors (Lipinski definition) is 7. The molecule has 1 saturated heterocycles.